The number of sulfonamides is 1. The van der Waals surface area contributed by atoms with E-state index in [0.717, 1.165) is 0 Å². The lowest BCUT2D eigenvalue weighted by molar-refractivity contribution is 0.135. The molecule has 0 bridgehead atoms. The Morgan fingerprint density at radius 2 is 2.05 bits per heavy atom. The van der Waals surface area contributed by atoms with Crippen LogP contribution in [0.1, 0.15) is 13.8 Å². The molecule has 0 spiro atoms. The zero-order valence-corrected chi connectivity index (χ0v) is 14.6. The van der Waals surface area contributed by atoms with E-state index in [0.29, 0.717) is 24.2 Å². The fourth-order valence-corrected chi connectivity index (χ4v) is 4.36. The topological polar surface area (TPSA) is 72.6 Å². The number of halogens is 2. The van der Waals surface area contributed by atoms with E-state index >= 15 is 0 Å². The Balaban J connectivity index is 3.14. The summed E-state index contributed by atoms with van der Waals surface area (Å²) in [5, 5.41) is 0.283. The first kappa shape index (κ1) is 17.7. The summed E-state index contributed by atoms with van der Waals surface area (Å²) >= 11 is 9.10. The molecule has 0 saturated carbocycles. The van der Waals surface area contributed by atoms with Crippen LogP contribution in [-0.4, -0.2) is 39.0 Å². The minimum Gasteiger partial charge on any atom is -0.398 e. The molecule has 1 rings (SSSR count). The van der Waals surface area contributed by atoms with Crippen LogP contribution < -0.4 is 5.73 Å². The summed E-state index contributed by atoms with van der Waals surface area (Å²) in [5.41, 5.74) is 6.03. The molecule has 0 amide bonds. The van der Waals surface area contributed by atoms with Gasteiger partial charge in [-0.3, -0.25) is 0 Å². The van der Waals surface area contributed by atoms with Crippen molar-refractivity contribution in [3.8, 4) is 0 Å². The van der Waals surface area contributed by atoms with Gasteiger partial charge in [0, 0.05) is 30.4 Å². The Kier molecular flexibility index (Phi) is 6.74. The van der Waals surface area contributed by atoms with Crippen molar-refractivity contribution in [2.75, 3.05) is 32.0 Å². The van der Waals surface area contributed by atoms with Crippen LogP contribution in [0.15, 0.2) is 21.5 Å². The van der Waals surface area contributed by atoms with Crippen LogP contribution in [0.25, 0.3) is 0 Å². The fourth-order valence-electron chi connectivity index (χ4n) is 1.67. The number of likely N-dealkylation sites (N-methyl/N-ethyl adjacent to an activating group) is 1. The van der Waals surface area contributed by atoms with Crippen LogP contribution in [0.4, 0.5) is 5.69 Å². The van der Waals surface area contributed by atoms with Gasteiger partial charge >= 0.3 is 0 Å². The van der Waals surface area contributed by atoms with Crippen molar-refractivity contribution in [3.63, 3.8) is 0 Å². The van der Waals surface area contributed by atoms with Crippen LogP contribution in [0, 0.1) is 0 Å². The van der Waals surface area contributed by atoms with Gasteiger partial charge in [-0.1, -0.05) is 18.5 Å². The van der Waals surface area contributed by atoms with Gasteiger partial charge in [-0.25, -0.2) is 8.42 Å². The highest BCUT2D eigenvalue weighted by molar-refractivity contribution is 9.10. The summed E-state index contributed by atoms with van der Waals surface area (Å²) in [7, 11) is -3.67. The molecule has 0 unspecified atom stereocenters. The third kappa shape index (κ3) is 4.08. The number of rotatable bonds is 7. The van der Waals surface area contributed by atoms with Gasteiger partial charge in [0.25, 0.3) is 0 Å². The maximum absolute atomic E-state index is 12.6. The van der Waals surface area contributed by atoms with Crippen molar-refractivity contribution in [1.82, 2.24) is 4.31 Å². The van der Waals surface area contributed by atoms with Gasteiger partial charge in [0.1, 0.15) is 0 Å². The quantitative estimate of drug-likeness (QED) is 0.578. The second-order valence-electron chi connectivity index (χ2n) is 4.00. The Labute approximate surface area is 133 Å². The maximum atomic E-state index is 12.6. The van der Waals surface area contributed by atoms with Gasteiger partial charge < -0.3 is 10.5 Å². The molecule has 0 aliphatic rings. The van der Waals surface area contributed by atoms with Gasteiger partial charge in [0.2, 0.25) is 10.0 Å². The molecule has 114 valence electrons. The summed E-state index contributed by atoms with van der Waals surface area (Å²) in [6.45, 7) is 5.15. The molecule has 2 N–H and O–H groups in total. The number of nitrogen functional groups attached to an aromatic ring is 1. The number of benzene rings is 1. The van der Waals surface area contributed by atoms with Crippen molar-refractivity contribution in [2.45, 2.75) is 18.7 Å². The zero-order chi connectivity index (χ0) is 15.3. The van der Waals surface area contributed by atoms with Crippen LogP contribution in [0.2, 0.25) is 5.02 Å². The summed E-state index contributed by atoms with van der Waals surface area (Å²) < 4.78 is 32.1. The van der Waals surface area contributed by atoms with Crippen molar-refractivity contribution < 1.29 is 13.2 Å². The Bertz CT molecular complexity index is 566. The van der Waals surface area contributed by atoms with Crippen LogP contribution in [0.3, 0.4) is 0 Å². The lowest BCUT2D eigenvalue weighted by Gasteiger charge is -2.21. The highest BCUT2D eigenvalue weighted by Gasteiger charge is 2.26. The van der Waals surface area contributed by atoms with Crippen molar-refractivity contribution in [3.05, 3.63) is 21.6 Å². The molecule has 8 heteroatoms. The number of ether oxygens (including phenoxy) is 1. The van der Waals surface area contributed by atoms with Crippen molar-refractivity contribution in [1.29, 1.82) is 0 Å². The number of hydrogen-bond acceptors (Lipinski definition) is 4. The highest BCUT2D eigenvalue weighted by Crippen LogP contribution is 2.33. The molecule has 0 heterocycles. The van der Waals surface area contributed by atoms with Gasteiger partial charge in [-0.2, -0.15) is 4.31 Å². The third-order valence-electron chi connectivity index (χ3n) is 2.69. The van der Waals surface area contributed by atoms with Gasteiger partial charge in [-0.15, -0.1) is 0 Å². The number of nitrogens with zero attached hydrogens (tertiary/aromatic N) is 1. The van der Waals surface area contributed by atoms with Crippen molar-refractivity contribution >= 4 is 43.2 Å². The minimum absolute atomic E-state index is 0.0702. The molecule has 1 aromatic rings. The Morgan fingerprint density at radius 3 is 2.60 bits per heavy atom. The second kappa shape index (κ2) is 7.61. The molecule has 1 aromatic carbocycles. The van der Waals surface area contributed by atoms with Crippen LogP contribution >= 0.6 is 27.5 Å². The Hall–Kier alpha value is -0.340. The summed E-state index contributed by atoms with van der Waals surface area (Å²) in [4.78, 5) is 0.0702. The Morgan fingerprint density at radius 1 is 1.40 bits per heavy atom. The normalized spacial score (nSPS) is 12.1. The second-order valence-corrected chi connectivity index (χ2v) is 7.14. The number of nitrogens with two attached hydrogens (primary N) is 1. The monoisotopic (exact) mass is 384 g/mol. The molecular formula is C12H18BrClN2O3S. The van der Waals surface area contributed by atoms with E-state index in [9.17, 15) is 8.42 Å². The lowest BCUT2D eigenvalue weighted by atomic mass is 10.3. The molecule has 20 heavy (non-hydrogen) atoms. The van der Waals surface area contributed by atoms with Gasteiger partial charge in [0.05, 0.1) is 16.0 Å². The van der Waals surface area contributed by atoms with E-state index in [1.165, 1.54) is 16.4 Å². The summed E-state index contributed by atoms with van der Waals surface area (Å²) in [6.07, 6.45) is 0. The standard InChI is InChI=1S/C12H18BrClN2O3S/c1-3-16(5-6-19-4-2)20(17,18)11-8-9(14)7-10(15)12(11)13/h7-8H,3-6,15H2,1-2H3. The number of hydrogen-bond donors (Lipinski definition) is 1. The largest absolute Gasteiger partial charge is 0.398 e. The molecule has 5 nitrogen and oxygen atoms in total. The third-order valence-corrected chi connectivity index (χ3v) is 6.06. The molecule has 0 radical (unpaired) electrons. The average molecular weight is 386 g/mol. The first-order valence-corrected chi connectivity index (χ1v) is 8.78. The fraction of sp³-hybridized carbons (Fsp3) is 0.500. The molecule has 0 aliphatic heterocycles. The van der Waals surface area contributed by atoms with E-state index in [-0.39, 0.29) is 22.2 Å². The molecule has 0 aromatic heterocycles. The highest BCUT2D eigenvalue weighted by atomic mass is 79.9. The SMILES string of the molecule is CCOCCN(CC)S(=O)(=O)c1cc(Cl)cc(N)c1Br. The van der Waals surface area contributed by atoms with Gasteiger partial charge in [0.15, 0.2) is 0 Å². The smallest absolute Gasteiger partial charge is 0.244 e. The maximum Gasteiger partial charge on any atom is 0.244 e. The molecule has 0 aliphatic carbocycles. The predicted molar refractivity (Wildman–Crippen MR) is 84.5 cm³/mol. The molecule has 0 fully saturated rings. The molecular weight excluding hydrogens is 368 g/mol. The minimum atomic E-state index is -3.67. The van der Waals surface area contributed by atoms with E-state index < -0.39 is 10.0 Å². The first-order chi connectivity index (χ1) is 9.34. The number of anilines is 1. The molecule has 0 saturated heterocycles. The average Bonchev–Trinajstić information content (AvgIpc) is 2.38. The van der Waals surface area contributed by atoms with E-state index in [1.807, 2.05) is 6.92 Å². The van der Waals surface area contributed by atoms with E-state index in [4.69, 9.17) is 22.1 Å². The zero-order valence-electron chi connectivity index (χ0n) is 11.4. The van der Waals surface area contributed by atoms with Gasteiger partial charge in [-0.05, 0) is 35.0 Å². The van der Waals surface area contributed by atoms with Crippen LogP contribution in [0.5, 0.6) is 0 Å². The summed E-state index contributed by atoms with van der Waals surface area (Å²) in [5.74, 6) is 0. The predicted octanol–water partition coefficient (Wildman–Crippen LogP) is 2.73. The van der Waals surface area contributed by atoms with Crippen molar-refractivity contribution in [2.24, 2.45) is 0 Å². The van der Waals surface area contributed by atoms with Crippen LogP contribution in [-0.2, 0) is 14.8 Å². The van der Waals surface area contributed by atoms with E-state index in [1.54, 1.807) is 6.92 Å². The molecule has 0 atom stereocenters. The summed E-state index contributed by atoms with van der Waals surface area (Å²) in [6, 6.07) is 2.89. The van der Waals surface area contributed by atoms with E-state index in [2.05, 4.69) is 15.9 Å². The first-order valence-electron chi connectivity index (χ1n) is 6.17. The lowest BCUT2D eigenvalue weighted by Crippen LogP contribution is -2.34.